The predicted octanol–water partition coefficient (Wildman–Crippen LogP) is 7.60. The van der Waals surface area contributed by atoms with Crippen LogP contribution in [0.4, 0.5) is 0 Å². The van der Waals surface area contributed by atoms with Crippen LogP contribution < -0.4 is 4.74 Å². The molecule has 0 aliphatic rings. The van der Waals surface area contributed by atoms with Gasteiger partial charge in [0.25, 0.3) is 0 Å². The molecule has 0 bridgehead atoms. The van der Waals surface area contributed by atoms with Gasteiger partial charge in [-0.05, 0) is 30.4 Å². The van der Waals surface area contributed by atoms with E-state index in [0.29, 0.717) is 0 Å². The Morgan fingerprint density at radius 2 is 1.50 bits per heavy atom. The van der Waals surface area contributed by atoms with Crippen LogP contribution in [0.15, 0.2) is 54.9 Å². The van der Waals surface area contributed by atoms with E-state index in [-0.39, 0.29) is 11.9 Å². The molecule has 0 radical (unpaired) electrons. The number of ether oxygens (including phenoxy) is 1. The van der Waals surface area contributed by atoms with E-state index < -0.39 is 5.97 Å². The summed E-state index contributed by atoms with van der Waals surface area (Å²) in [4.78, 5) is 20.7. The van der Waals surface area contributed by atoms with Gasteiger partial charge in [0, 0.05) is 24.4 Å². The summed E-state index contributed by atoms with van der Waals surface area (Å²) in [7, 11) is 0. The van der Waals surface area contributed by atoms with Crippen molar-refractivity contribution >= 4 is 5.97 Å². The second kappa shape index (κ2) is 16.2. The third kappa shape index (κ3) is 10.7. The quantitative estimate of drug-likeness (QED) is 0.154. The van der Waals surface area contributed by atoms with Crippen LogP contribution in [0.1, 0.15) is 102 Å². The van der Waals surface area contributed by atoms with Gasteiger partial charge in [-0.2, -0.15) is 0 Å². The number of unbranched alkanes of at least 4 members (excludes halogenated alkanes) is 8. The highest BCUT2D eigenvalue weighted by molar-refractivity contribution is 5.83. The lowest BCUT2D eigenvalue weighted by Crippen LogP contribution is -2.08. The van der Waals surface area contributed by atoms with Gasteiger partial charge in [0.2, 0.25) is 0 Å². The Balaban J connectivity index is 1.82. The standard InChI is InChI=1S/C28H40N2O2/c1-3-5-7-9-10-12-16-24-22-29-28(30-23-24)32-27(31)21-20-26(19-13-8-6-4-2)25-17-14-11-15-18-25/h11,14-15,17-18,20-23,26H,3-10,12-13,16,19H2,1-2H3. The Kier molecular flexibility index (Phi) is 13.0. The molecule has 1 unspecified atom stereocenters. The molecular weight excluding hydrogens is 396 g/mol. The summed E-state index contributed by atoms with van der Waals surface area (Å²) in [6.07, 6.45) is 21.4. The lowest BCUT2D eigenvalue weighted by Gasteiger charge is -2.13. The molecule has 1 aromatic heterocycles. The Hall–Kier alpha value is -2.49. The van der Waals surface area contributed by atoms with E-state index in [1.807, 2.05) is 24.3 Å². The second-order valence-electron chi connectivity index (χ2n) is 8.54. The Bertz CT molecular complexity index is 772. The first-order valence-electron chi connectivity index (χ1n) is 12.5. The molecule has 0 aliphatic heterocycles. The van der Waals surface area contributed by atoms with Gasteiger partial charge in [-0.25, -0.2) is 14.8 Å². The van der Waals surface area contributed by atoms with Gasteiger partial charge in [0.1, 0.15) is 0 Å². The minimum atomic E-state index is -0.428. The largest absolute Gasteiger partial charge is 0.388 e. The van der Waals surface area contributed by atoms with Crippen LogP contribution in [-0.2, 0) is 11.2 Å². The zero-order valence-electron chi connectivity index (χ0n) is 20.0. The third-order valence-electron chi connectivity index (χ3n) is 5.75. The van der Waals surface area contributed by atoms with E-state index >= 15 is 0 Å². The number of esters is 1. The summed E-state index contributed by atoms with van der Waals surface area (Å²) in [5, 5.41) is 0. The van der Waals surface area contributed by atoms with Crippen LogP contribution in [0.2, 0.25) is 0 Å². The molecule has 1 aromatic carbocycles. The van der Waals surface area contributed by atoms with Crippen molar-refractivity contribution in [2.75, 3.05) is 0 Å². The number of aromatic nitrogens is 2. The van der Waals surface area contributed by atoms with E-state index in [4.69, 9.17) is 4.74 Å². The van der Waals surface area contributed by atoms with Crippen molar-refractivity contribution in [1.82, 2.24) is 9.97 Å². The number of hydrogen-bond donors (Lipinski definition) is 0. The van der Waals surface area contributed by atoms with Gasteiger partial charge in [0.15, 0.2) is 0 Å². The van der Waals surface area contributed by atoms with Crippen molar-refractivity contribution < 1.29 is 9.53 Å². The van der Waals surface area contributed by atoms with E-state index in [1.54, 1.807) is 12.4 Å². The molecule has 2 rings (SSSR count). The number of rotatable bonds is 16. The highest BCUT2D eigenvalue weighted by Crippen LogP contribution is 2.24. The summed E-state index contributed by atoms with van der Waals surface area (Å²) in [5.41, 5.74) is 2.32. The van der Waals surface area contributed by atoms with Gasteiger partial charge in [0.05, 0.1) is 0 Å². The van der Waals surface area contributed by atoms with E-state index in [2.05, 4.69) is 35.9 Å². The van der Waals surface area contributed by atoms with Crippen LogP contribution in [-0.4, -0.2) is 15.9 Å². The summed E-state index contributed by atoms with van der Waals surface area (Å²) < 4.78 is 5.32. The number of nitrogens with zero attached hydrogens (tertiary/aromatic N) is 2. The summed E-state index contributed by atoms with van der Waals surface area (Å²) in [6, 6.07) is 10.5. The number of benzene rings is 1. The Morgan fingerprint density at radius 1 is 0.875 bits per heavy atom. The molecule has 0 fully saturated rings. The normalized spacial score (nSPS) is 12.2. The molecule has 0 N–H and O–H groups in total. The van der Waals surface area contributed by atoms with Crippen molar-refractivity contribution in [3.05, 3.63) is 66.0 Å². The van der Waals surface area contributed by atoms with Crippen molar-refractivity contribution in [3.8, 4) is 6.01 Å². The number of carbonyl (C=O) groups is 1. The Morgan fingerprint density at radius 3 is 2.19 bits per heavy atom. The molecule has 0 saturated heterocycles. The van der Waals surface area contributed by atoms with Crippen LogP contribution in [0.25, 0.3) is 0 Å². The van der Waals surface area contributed by atoms with Crippen LogP contribution in [0.5, 0.6) is 6.01 Å². The molecule has 0 amide bonds. The first kappa shape index (κ1) is 25.8. The van der Waals surface area contributed by atoms with Crippen LogP contribution in [0, 0.1) is 0 Å². The number of aryl methyl sites for hydroxylation is 1. The van der Waals surface area contributed by atoms with Gasteiger partial charge < -0.3 is 4.74 Å². The summed E-state index contributed by atoms with van der Waals surface area (Å²) >= 11 is 0. The molecule has 174 valence electrons. The maximum atomic E-state index is 12.3. The monoisotopic (exact) mass is 436 g/mol. The lowest BCUT2D eigenvalue weighted by molar-refractivity contribution is -0.129. The molecule has 32 heavy (non-hydrogen) atoms. The molecule has 0 spiro atoms. The molecule has 1 atom stereocenters. The van der Waals surface area contributed by atoms with Crippen molar-refractivity contribution in [2.45, 2.75) is 96.8 Å². The first-order chi connectivity index (χ1) is 15.7. The molecular formula is C28H40N2O2. The maximum Gasteiger partial charge on any atom is 0.338 e. The molecule has 4 heteroatoms. The van der Waals surface area contributed by atoms with E-state index in [9.17, 15) is 4.79 Å². The van der Waals surface area contributed by atoms with E-state index in [1.165, 1.54) is 63.0 Å². The zero-order valence-corrected chi connectivity index (χ0v) is 20.0. The third-order valence-corrected chi connectivity index (χ3v) is 5.75. The summed E-state index contributed by atoms with van der Waals surface area (Å²) in [5.74, 6) is -0.218. The minimum Gasteiger partial charge on any atom is -0.388 e. The highest BCUT2D eigenvalue weighted by atomic mass is 16.5. The summed E-state index contributed by atoms with van der Waals surface area (Å²) in [6.45, 7) is 4.45. The molecule has 2 aromatic rings. The van der Waals surface area contributed by atoms with Crippen molar-refractivity contribution in [2.24, 2.45) is 0 Å². The van der Waals surface area contributed by atoms with Crippen molar-refractivity contribution in [1.29, 1.82) is 0 Å². The number of allylic oxidation sites excluding steroid dienone is 1. The topological polar surface area (TPSA) is 52.1 Å². The average Bonchev–Trinajstić information content (AvgIpc) is 2.82. The van der Waals surface area contributed by atoms with Crippen LogP contribution >= 0.6 is 0 Å². The fraction of sp³-hybridized carbons (Fsp3) is 0.536. The maximum absolute atomic E-state index is 12.3. The highest BCUT2D eigenvalue weighted by Gasteiger charge is 2.10. The number of carbonyl (C=O) groups excluding carboxylic acids is 1. The minimum absolute atomic E-state index is 0.116. The smallest absolute Gasteiger partial charge is 0.338 e. The van der Waals surface area contributed by atoms with Gasteiger partial charge in [-0.15, -0.1) is 0 Å². The zero-order chi connectivity index (χ0) is 22.9. The molecule has 0 saturated carbocycles. The van der Waals surface area contributed by atoms with Crippen LogP contribution in [0.3, 0.4) is 0 Å². The fourth-order valence-electron chi connectivity index (χ4n) is 3.82. The lowest BCUT2D eigenvalue weighted by atomic mass is 9.92. The predicted molar refractivity (Wildman–Crippen MR) is 132 cm³/mol. The first-order valence-corrected chi connectivity index (χ1v) is 12.5. The average molecular weight is 437 g/mol. The molecule has 4 nitrogen and oxygen atoms in total. The second-order valence-corrected chi connectivity index (χ2v) is 8.54. The molecule has 0 aliphatic carbocycles. The van der Waals surface area contributed by atoms with Gasteiger partial charge in [-0.1, -0.05) is 108 Å². The SMILES string of the molecule is CCCCCCCCc1cnc(OC(=O)C=CC(CCCCCC)c2ccccc2)nc1. The Labute approximate surface area is 194 Å². The molecule has 1 heterocycles. The number of hydrogen-bond acceptors (Lipinski definition) is 4. The van der Waals surface area contributed by atoms with Gasteiger partial charge >= 0.3 is 12.0 Å². The van der Waals surface area contributed by atoms with Crippen molar-refractivity contribution in [3.63, 3.8) is 0 Å². The fourth-order valence-corrected chi connectivity index (χ4v) is 3.82. The van der Waals surface area contributed by atoms with E-state index in [0.717, 1.165) is 31.2 Å². The van der Waals surface area contributed by atoms with Gasteiger partial charge in [-0.3, -0.25) is 0 Å².